The van der Waals surface area contributed by atoms with E-state index >= 15 is 0 Å². The van der Waals surface area contributed by atoms with E-state index in [2.05, 4.69) is 59.5 Å². The molecule has 2 aliphatic carbocycles. The fourth-order valence-corrected chi connectivity index (χ4v) is 9.60. The topological polar surface area (TPSA) is 145 Å². The molecule has 13 heteroatoms. The van der Waals surface area contributed by atoms with Crippen molar-refractivity contribution in [1.29, 1.82) is 0 Å². The summed E-state index contributed by atoms with van der Waals surface area (Å²) >= 11 is 0. The minimum atomic E-state index is -0.585. The predicted molar refractivity (Wildman–Crippen MR) is 236 cm³/mol. The number of amides is 3. The first kappa shape index (κ1) is 45.1. The predicted octanol–water partition coefficient (Wildman–Crippen LogP) is 7.29. The summed E-state index contributed by atoms with van der Waals surface area (Å²) in [7, 11) is 3.48. The maximum atomic E-state index is 13.6. The van der Waals surface area contributed by atoms with E-state index < -0.39 is 6.04 Å². The van der Waals surface area contributed by atoms with Crippen LogP contribution < -0.4 is 20.7 Å². The van der Waals surface area contributed by atoms with E-state index in [1.807, 2.05) is 19.2 Å². The van der Waals surface area contributed by atoms with Crippen molar-refractivity contribution in [3.63, 3.8) is 0 Å². The van der Waals surface area contributed by atoms with E-state index in [1.165, 1.54) is 0 Å². The zero-order valence-corrected chi connectivity index (χ0v) is 37.2. The highest BCUT2D eigenvalue weighted by Gasteiger charge is 2.43. The third-order valence-electron chi connectivity index (χ3n) is 13.1. The van der Waals surface area contributed by atoms with Gasteiger partial charge in [-0.2, -0.15) is 0 Å². The van der Waals surface area contributed by atoms with Crippen LogP contribution in [-0.2, 0) is 19.1 Å². The summed E-state index contributed by atoms with van der Waals surface area (Å²) in [6.45, 7) is 11.0. The number of ether oxygens (including phenoxy) is 2. The Hall–Kier alpha value is -4.39. The van der Waals surface area contributed by atoms with Gasteiger partial charge < -0.3 is 40.1 Å². The molecule has 2 saturated heterocycles. The normalized spacial score (nSPS) is 21.4. The number of anilines is 1. The van der Waals surface area contributed by atoms with Crippen LogP contribution in [0.3, 0.4) is 0 Å². The minimum absolute atomic E-state index is 0.0103. The number of aliphatic imine (C=N–C) groups is 1. The van der Waals surface area contributed by atoms with Crippen molar-refractivity contribution in [3.8, 4) is 5.75 Å². The smallest absolute Gasteiger partial charge is 0.328 e. The molecule has 1 aromatic carbocycles. The molecule has 0 unspecified atom stereocenters. The second-order valence-electron chi connectivity index (χ2n) is 17.9. The molecule has 13 nitrogen and oxygen atoms in total. The summed E-state index contributed by atoms with van der Waals surface area (Å²) in [5.41, 5.74) is 3.26. The van der Waals surface area contributed by atoms with Gasteiger partial charge in [-0.25, -0.2) is 9.79 Å². The first-order valence-electron chi connectivity index (χ1n) is 23.0. The number of hydrogen-bond donors (Lipinski definition) is 3. The lowest BCUT2D eigenvalue weighted by Crippen LogP contribution is -2.60. The number of rotatable bonds is 18. The number of amidine groups is 1. The second-order valence-corrected chi connectivity index (χ2v) is 17.9. The molecular formula is C47H71N7O6. The van der Waals surface area contributed by atoms with Gasteiger partial charge in [0.25, 0.3) is 5.91 Å². The van der Waals surface area contributed by atoms with Gasteiger partial charge in [0.15, 0.2) is 5.84 Å². The third kappa shape index (κ3) is 11.3. The van der Waals surface area contributed by atoms with E-state index in [1.54, 1.807) is 18.1 Å². The van der Waals surface area contributed by atoms with E-state index in [9.17, 15) is 19.2 Å². The number of fused-ring (bicyclic) bond motifs is 1. The Morgan fingerprint density at radius 2 is 1.68 bits per heavy atom. The van der Waals surface area contributed by atoms with Crippen LogP contribution in [0.1, 0.15) is 147 Å². The molecule has 3 heterocycles. The summed E-state index contributed by atoms with van der Waals surface area (Å²) in [4.78, 5) is 64.6. The largest absolute Gasteiger partial charge is 0.495 e. The quantitative estimate of drug-likeness (QED) is 0.103. The number of esters is 1. The summed E-state index contributed by atoms with van der Waals surface area (Å²) < 4.78 is 11.6. The Balaban J connectivity index is 0.990. The van der Waals surface area contributed by atoms with Crippen molar-refractivity contribution in [1.82, 2.24) is 25.3 Å². The average Bonchev–Trinajstić information content (AvgIpc) is 3.94. The van der Waals surface area contributed by atoms with Crippen molar-refractivity contribution in [2.45, 2.75) is 167 Å². The van der Waals surface area contributed by atoms with Crippen molar-refractivity contribution >= 4 is 35.2 Å². The van der Waals surface area contributed by atoms with Gasteiger partial charge in [0.05, 0.1) is 18.5 Å². The Labute approximate surface area is 358 Å². The number of likely N-dealkylation sites (N-methyl/N-ethyl adjacent to an activating group) is 1. The van der Waals surface area contributed by atoms with Gasteiger partial charge in [-0.3, -0.25) is 14.4 Å². The number of piperidine rings is 1. The number of hydrogen-bond acceptors (Lipinski definition) is 10. The van der Waals surface area contributed by atoms with Crippen LogP contribution >= 0.6 is 0 Å². The number of likely N-dealkylation sites (tertiary alicyclic amines) is 1. The van der Waals surface area contributed by atoms with Gasteiger partial charge in [-0.1, -0.05) is 46.6 Å². The molecule has 1 aromatic rings. The number of carbonyl (C=O) groups is 4. The molecule has 0 aromatic heterocycles. The molecule has 2 atom stereocenters. The Morgan fingerprint density at radius 3 is 2.35 bits per heavy atom. The van der Waals surface area contributed by atoms with Gasteiger partial charge in [0, 0.05) is 44.2 Å². The number of allylic oxidation sites excluding steroid dienone is 2. The Bertz CT molecular complexity index is 1770. The van der Waals surface area contributed by atoms with Crippen molar-refractivity contribution in [2.24, 2.45) is 10.9 Å². The van der Waals surface area contributed by atoms with Gasteiger partial charge in [-0.15, -0.1) is 0 Å². The lowest BCUT2D eigenvalue weighted by Gasteiger charge is -2.45. The highest BCUT2D eigenvalue weighted by atomic mass is 16.5. The molecule has 3 aliphatic heterocycles. The molecule has 3 N–H and O–H groups in total. The standard InChI is InChI=1S/C47H71N7O6/c1-7-32-21-23-40-44(54(35-15-9-10-16-35)39(8-2)46(57)52(40)5)51-43(32)50-37-22-20-33(30-41(37)59-6)45(56)48-34-24-27-53(28-25-34)26-14-13-19-42(55)49-38(29-31(3)4)47(58)60-36-17-11-12-18-36/h20,22-23,30-31,34-36,38-39,50H,7-19,21,24-29H2,1-6H3,(H,48,56)(H,49,55)/t38-,39+/m0/s1. The summed E-state index contributed by atoms with van der Waals surface area (Å²) in [6, 6.07) is 5.05. The first-order chi connectivity index (χ1) is 29.0. The molecular weight excluding hydrogens is 759 g/mol. The lowest BCUT2D eigenvalue weighted by atomic mass is 10.0. The van der Waals surface area contributed by atoms with Gasteiger partial charge in [-0.05, 0) is 126 Å². The zero-order chi connectivity index (χ0) is 42.8. The second kappa shape index (κ2) is 21.4. The summed E-state index contributed by atoms with van der Waals surface area (Å²) in [5.74, 6) is 2.06. The Kier molecular flexibility index (Phi) is 16.1. The van der Waals surface area contributed by atoms with Crippen molar-refractivity contribution in [3.05, 3.63) is 46.9 Å². The molecule has 4 fully saturated rings. The number of nitrogens with zero attached hydrogens (tertiary/aromatic N) is 4. The van der Waals surface area contributed by atoms with Crippen LogP contribution in [-0.4, -0.2) is 108 Å². The summed E-state index contributed by atoms with van der Waals surface area (Å²) in [5, 5.41) is 9.79. The maximum Gasteiger partial charge on any atom is 0.328 e. The monoisotopic (exact) mass is 830 g/mol. The minimum Gasteiger partial charge on any atom is -0.495 e. The van der Waals surface area contributed by atoms with E-state index in [-0.39, 0.29) is 53.8 Å². The molecule has 0 radical (unpaired) electrons. The molecule has 5 aliphatic rings. The molecule has 0 spiro atoms. The number of piperazine rings is 1. The summed E-state index contributed by atoms with van der Waals surface area (Å²) in [6.07, 6.45) is 17.1. The van der Waals surface area contributed by atoms with Crippen LogP contribution in [0.2, 0.25) is 0 Å². The Morgan fingerprint density at radius 1 is 0.967 bits per heavy atom. The number of methoxy groups -OCH3 is 1. The SMILES string of the molecule is CCC1=C(Nc2ccc(C(=O)NC3CCN(CCCCC(=O)N[C@@H](CC(C)C)C(=O)OC4CCCC4)CC3)cc2OC)N=C2C(=CC1)N(C)C(=O)[C@@H](CC)N2C1CCCC1. The average molecular weight is 830 g/mol. The van der Waals surface area contributed by atoms with Crippen LogP contribution in [0.5, 0.6) is 5.75 Å². The van der Waals surface area contributed by atoms with Crippen LogP contribution in [0.4, 0.5) is 5.69 Å². The number of carbonyl (C=O) groups excluding carboxylic acids is 4. The fourth-order valence-electron chi connectivity index (χ4n) is 9.60. The number of benzene rings is 1. The van der Waals surface area contributed by atoms with Gasteiger partial charge in [0.1, 0.15) is 29.8 Å². The van der Waals surface area contributed by atoms with E-state index in [0.717, 1.165) is 138 Å². The van der Waals surface area contributed by atoms with Gasteiger partial charge >= 0.3 is 5.97 Å². The number of unbranched alkanes of at least 4 members (excludes halogenated alkanes) is 1. The highest BCUT2D eigenvalue weighted by molar-refractivity contribution is 6.08. The molecule has 60 heavy (non-hydrogen) atoms. The van der Waals surface area contributed by atoms with E-state index in [4.69, 9.17) is 14.5 Å². The molecule has 0 bridgehead atoms. The third-order valence-corrected chi connectivity index (χ3v) is 13.1. The lowest BCUT2D eigenvalue weighted by molar-refractivity contribution is -0.153. The fraction of sp³-hybridized carbons (Fsp3) is 0.681. The molecule has 6 rings (SSSR count). The maximum absolute atomic E-state index is 13.6. The van der Waals surface area contributed by atoms with Crippen molar-refractivity contribution in [2.75, 3.05) is 39.1 Å². The van der Waals surface area contributed by atoms with Gasteiger partial charge in [0.2, 0.25) is 11.8 Å². The first-order valence-corrected chi connectivity index (χ1v) is 23.0. The molecule has 2 saturated carbocycles. The van der Waals surface area contributed by atoms with Crippen LogP contribution in [0.25, 0.3) is 0 Å². The zero-order valence-electron chi connectivity index (χ0n) is 37.2. The highest BCUT2D eigenvalue weighted by Crippen LogP contribution is 2.36. The van der Waals surface area contributed by atoms with Crippen LogP contribution in [0.15, 0.2) is 46.4 Å². The molecule has 330 valence electrons. The van der Waals surface area contributed by atoms with Crippen molar-refractivity contribution < 1.29 is 28.7 Å². The van der Waals surface area contributed by atoms with Crippen LogP contribution in [0, 0.1) is 5.92 Å². The molecule has 3 amide bonds. The van der Waals surface area contributed by atoms with E-state index in [0.29, 0.717) is 30.6 Å². The number of nitrogens with one attached hydrogen (secondary N) is 3.